The summed E-state index contributed by atoms with van der Waals surface area (Å²) in [6.45, 7) is 0. The monoisotopic (exact) mass is 385 g/mol. The lowest BCUT2D eigenvalue weighted by atomic mass is 10.0. The summed E-state index contributed by atoms with van der Waals surface area (Å²) in [4.78, 5) is 15.5. The maximum atomic E-state index is 12.3. The third-order valence-corrected chi connectivity index (χ3v) is 4.61. The SMILES string of the molecule is COC(=O)c1[nH]c2ccc(OC)cc2c1Cc1cc(OC)c(OC)c(OC)c1. The van der Waals surface area contributed by atoms with E-state index in [9.17, 15) is 4.79 Å². The van der Waals surface area contributed by atoms with Crippen molar-refractivity contribution in [2.45, 2.75) is 6.42 Å². The Balaban J connectivity index is 2.16. The summed E-state index contributed by atoms with van der Waals surface area (Å²) in [5.74, 6) is 1.89. The molecule has 28 heavy (non-hydrogen) atoms. The molecule has 0 aliphatic carbocycles. The first-order valence-corrected chi connectivity index (χ1v) is 8.62. The Bertz CT molecular complexity index is 983. The molecule has 0 saturated heterocycles. The lowest BCUT2D eigenvalue weighted by molar-refractivity contribution is 0.0594. The number of rotatable bonds is 7. The van der Waals surface area contributed by atoms with Crippen molar-refractivity contribution in [2.24, 2.45) is 0 Å². The van der Waals surface area contributed by atoms with Crippen LogP contribution in [0.2, 0.25) is 0 Å². The molecular formula is C21H23NO6. The second kappa shape index (κ2) is 8.12. The molecule has 1 heterocycles. The molecule has 148 valence electrons. The molecule has 3 rings (SSSR count). The lowest BCUT2D eigenvalue weighted by Crippen LogP contribution is -2.06. The highest BCUT2D eigenvalue weighted by Gasteiger charge is 2.21. The molecule has 3 aromatic rings. The van der Waals surface area contributed by atoms with E-state index >= 15 is 0 Å². The molecule has 7 heteroatoms. The summed E-state index contributed by atoms with van der Waals surface area (Å²) in [6, 6.07) is 9.33. The van der Waals surface area contributed by atoms with E-state index in [0.29, 0.717) is 35.1 Å². The van der Waals surface area contributed by atoms with Crippen molar-refractivity contribution in [3.8, 4) is 23.0 Å². The minimum atomic E-state index is -0.433. The van der Waals surface area contributed by atoms with Crippen molar-refractivity contribution in [3.63, 3.8) is 0 Å². The van der Waals surface area contributed by atoms with Crippen molar-refractivity contribution in [3.05, 3.63) is 47.2 Å². The molecule has 0 spiro atoms. The van der Waals surface area contributed by atoms with Crippen LogP contribution in [0.3, 0.4) is 0 Å². The van der Waals surface area contributed by atoms with E-state index in [1.54, 1.807) is 28.4 Å². The van der Waals surface area contributed by atoms with E-state index in [2.05, 4.69) is 4.98 Å². The molecule has 0 unspecified atom stereocenters. The minimum absolute atomic E-state index is 0.402. The largest absolute Gasteiger partial charge is 0.497 e. The predicted molar refractivity (Wildman–Crippen MR) is 105 cm³/mol. The number of carbonyl (C=O) groups excluding carboxylic acids is 1. The Morgan fingerprint density at radius 2 is 1.57 bits per heavy atom. The molecule has 1 aromatic heterocycles. The zero-order valence-electron chi connectivity index (χ0n) is 16.5. The van der Waals surface area contributed by atoms with E-state index in [1.165, 1.54) is 7.11 Å². The standard InChI is InChI=1S/C21H23NO6/c1-24-13-6-7-16-14(11-13)15(19(22-16)21(23)28-5)8-12-9-17(25-2)20(27-4)18(10-12)26-3/h6-7,9-11,22H,8H2,1-5H3. The third kappa shape index (κ3) is 3.43. The van der Waals surface area contributed by atoms with Gasteiger partial charge in [0.2, 0.25) is 5.75 Å². The van der Waals surface area contributed by atoms with E-state index in [4.69, 9.17) is 23.7 Å². The fraction of sp³-hybridized carbons (Fsp3) is 0.286. The van der Waals surface area contributed by atoms with Gasteiger partial charge in [0.15, 0.2) is 11.5 Å². The van der Waals surface area contributed by atoms with E-state index in [0.717, 1.165) is 22.0 Å². The number of methoxy groups -OCH3 is 5. The van der Waals surface area contributed by atoms with Crippen LogP contribution in [0.4, 0.5) is 0 Å². The Morgan fingerprint density at radius 3 is 2.11 bits per heavy atom. The van der Waals surface area contributed by atoms with Crippen LogP contribution in [0.15, 0.2) is 30.3 Å². The molecule has 2 aromatic carbocycles. The number of aromatic nitrogens is 1. The molecule has 0 fully saturated rings. The van der Waals surface area contributed by atoms with Crippen LogP contribution in [0.5, 0.6) is 23.0 Å². The number of fused-ring (bicyclic) bond motifs is 1. The summed E-state index contributed by atoms with van der Waals surface area (Å²) in [6.07, 6.45) is 0.453. The first kappa shape index (κ1) is 19.4. The Labute approximate surface area is 163 Å². The summed E-state index contributed by atoms with van der Waals surface area (Å²) in [5, 5.41) is 0.883. The number of hydrogen-bond donors (Lipinski definition) is 1. The second-order valence-corrected chi connectivity index (χ2v) is 6.09. The normalized spacial score (nSPS) is 10.6. The van der Waals surface area contributed by atoms with Crippen molar-refractivity contribution in [1.82, 2.24) is 4.98 Å². The van der Waals surface area contributed by atoms with Gasteiger partial charge in [-0.1, -0.05) is 0 Å². The molecule has 0 radical (unpaired) electrons. The maximum Gasteiger partial charge on any atom is 0.354 e. The summed E-state index contributed by atoms with van der Waals surface area (Å²) >= 11 is 0. The summed E-state index contributed by atoms with van der Waals surface area (Å²) < 4.78 is 26.6. The fourth-order valence-corrected chi connectivity index (χ4v) is 3.26. The molecule has 0 aliphatic heterocycles. The van der Waals surface area contributed by atoms with Crippen LogP contribution >= 0.6 is 0 Å². The number of benzene rings is 2. The van der Waals surface area contributed by atoms with Gasteiger partial charge in [-0.15, -0.1) is 0 Å². The summed E-state index contributed by atoms with van der Waals surface area (Å²) in [5.41, 5.74) is 2.92. The highest BCUT2D eigenvalue weighted by atomic mass is 16.5. The van der Waals surface area contributed by atoms with Crippen LogP contribution in [-0.4, -0.2) is 46.5 Å². The van der Waals surface area contributed by atoms with Crippen LogP contribution < -0.4 is 18.9 Å². The number of H-pyrrole nitrogens is 1. The van der Waals surface area contributed by atoms with Crippen LogP contribution in [0.1, 0.15) is 21.6 Å². The topological polar surface area (TPSA) is 79.0 Å². The number of ether oxygens (including phenoxy) is 5. The fourth-order valence-electron chi connectivity index (χ4n) is 3.26. The Hall–Kier alpha value is -3.35. The maximum absolute atomic E-state index is 12.3. The first-order chi connectivity index (χ1) is 13.6. The average Bonchev–Trinajstić information content (AvgIpc) is 3.09. The van der Waals surface area contributed by atoms with Gasteiger partial charge >= 0.3 is 5.97 Å². The van der Waals surface area contributed by atoms with Crippen molar-refractivity contribution in [2.75, 3.05) is 35.5 Å². The number of carbonyl (C=O) groups is 1. The van der Waals surface area contributed by atoms with Gasteiger partial charge in [0, 0.05) is 17.3 Å². The number of aromatic amines is 1. The molecule has 0 atom stereocenters. The summed E-state index contributed by atoms with van der Waals surface area (Å²) in [7, 11) is 7.65. The minimum Gasteiger partial charge on any atom is -0.497 e. The first-order valence-electron chi connectivity index (χ1n) is 8.62. The van der Waals surface area contributed by atoms with Gasteiger partial charge in [-0.3, -0.25) is 0 Å². The van der Waals surface area contributed by atoms with Gasteiger partial charge in [-0.05, 0) is 41.5 Å². The van der Waals surface area contributed by atoms with Crippen LogP contribution in [0, 0.1) is 0 Å². The highest BCUT2D eigenvalue weighted by Crippen LogP contribution is 2.39. The zero-order valence-corrected chi connectivity index (χ0v) is 16.5. The molecule has 0 saturated carbocycles. The Kier molecular flexibility index (Phi) is 5.63. The quantitative estimate of drug-likeness (QED) is 0.627. The third-order valence-electron chi connectivity index (χ3n) is 4.61. The lowest BCUT2D eigenvalue weighted by Gasteiger charge is -2.14. The highest BCUT2D eigenvalue weighted by molar-refractivity contribution is 5.99. The molecular weight excluding hydrogens is 362 g/mol. The Morgan fingerprint density at radius 1 is 0.893 bits per heavy atom. The van der Waals surface area contributed by atoms with E-state index in [-0.39, 0.29) is 0 Å². The van der Waals surface area contributed by atoms with E-state index in [1.807, 2.05) is 30.3 Å². The molecule has 7 nitrogen and oxygen atoms in total. The molecule has 0 bridgehead atoms. The second-order valence-electron chi connectivity index (χ2n) is 6.09. The van der Waals surface area contributed by atoms with Crippen LogP contribution in [0.25, 0.3) is 10.9 Å². The number of esters is 1. The van der Waals surface area contributed by atoms with Gasteiger partial charge in [0.25, 0.3) is 0 Å². The van der Waals surface area contributed by atoms with E-state index < -0.39 is 5.97 Å². The molecule has 1 N–H and O–H groups in total. The van der Waals surface area contributed by atoms with Gasteiger partial charge < -0.3 is 28.7 Å². The molecule has 0 amide bonds. The van der Waals surface area contributed by atoms with Crippen molar-refractivity contribution in [1.29, 1.82) is 0 Å². The van der Waals surface area contributed by atoms with Crippen LogP contribution in [-0.2, 0) is 11.2 Å². The van der Waals surface area contributed by atoms with Gasteiger partial charge in [-0.25, -0.2) is 4.79 Å². The smallest absolute Gasteiger partial charge is 0.354 e. The van der Waals surface area contributed by atoms with Crippen molar-refractivity contribution < 1.29 is 28.5 Å². The zero-order chi connectivity index (χ0) is 20.3. The predicted octanol–water partition coefficient (Wildman–Crippen LogP) is 3.58. The van der Waals surface area contributed by atoms with Gasteiger partial charge in [0.1, 0.15) is 11.4 Å². The van der Waals surface area contributed by atoms with Gasteiger partial charge in [0.05, 0.1) is 35.5 Å². The number of nitrogens with one attached hydrogen (secondary N) is 1. The van der Waals surface area contributed by atoms with Crippen molar-refractivity contribution >= 4 is 16.9 Å². The number of hydrogen-bond acceptors (Lipinski definition) is 6. The molecule has 0 aliphatic rings. The van der Waals surface area contributed by atoms with Gasteiger partial charge in [-0.2, -0.15) is 0 Å². The average molecular weight is 385 g/mol.